The number of carbonyl (C=O) groups excluding carboxylic acids is 2. The van der Waals surface area contributed by atoms with Gasteiger partial charge in [0.2, 0.25) is 0 Å². The zero-order valence-electron chi connectivity index (χ0n) is 13.6. The van der Waals surface area contributed by atoms with Gasteiger partial charge in [0.25, 0.3) is 11.4 Å². The van der Waals surface area contributed by atoms with E-state index < -0.39 is 57.8 Å². The van der Waals surface area contributed by atoms with Crippen molar-refractivity contribution in [3.63, 3.8) is 0 Å². The number of carbonyl (C=O) groups is 2. The number of nitro benzene ring substituents is 1. The standard InChI is InChI=1S/C14H14F3N3O7/c1-2-27-11(22)9-10(7-5-6(20(25)26)3-4-8(7)21)18-12(23)19-13(9,24)14(15,16)17/h3-5,9-10,21,24H,2H2,1H3,(H2,18,19,23)/p-1/t9-,10-,13-/m1/s1. The number of esters is 1. The Hall–Kier alpha value is -3.09. The molecule has 2 rings (SSSR count). The van der Waals surface area contributed by atoms with Crippen molar-refractivity contribution in [3.05, 3.63) is 33.9 Å². The highest BCUT2D eigenvalue weighted by atomic mass is 19.4. The molecule has 0 aliphatic carbocycles. The molecule has 27 heavy (non-hydrogen) atoms. The van der Waals surface area contributed by atoms with Crippen molar-refractivity contribution in [1.82, 2.24) is 10.6 Å². The molecule has 0 spiro atoms. The van der Waals surface area contributed by atoms with Gasteiger partial charge in [-0.05, 0) is 12.5 Å². The zero-order valence-corrected chi connectivity index (χ0v) is 13.6. The van der Waals surface area contributed by atoms with Crippen molar-refractivity contribution in [2.45, 2.75) is 24.9 Å². The third-order valence-electron chi connectivity index (χ3n) is 3.89. The summed E-state index contributed by atoms with van der Waals surface area (Å²) < 4.78 is 44.9. The predicted molar refractivity (Wildman–Crippen MR) is 78.1 cm³/mol. The molecule has 1 aromatic rings. The summed E-state index contributed by atoms with van der Waals surface area (Å²) in [4.78, 5) is 33.8. The topological polar surface area (TPSA) is 154 Å². The first-order valence-corrected chi connectivity index (χ1v) is 7.42. The summed E-state index contributed by atoms with van der Waals surface area (Å²) in [6.07, 6.45) is -5.52. The van der Waals surface area contributed by atoms with Crippen LogP contribution in [0.25, 0.3) is 0 Å². The normalized spacial score (nSPS) is 25.3. The van der Waals surface area contributed by atoms with E-state index in [1.807, 2.05) is 5.32 Å². The number of hydrogen-bond donors (Lipinski definition) is 3. The average Bonchev–Trinajstić information content (AvgIpc) is 2.53. The molecule has 1 aliphatic heterocycles. The molecule has 0 bridgehead atoms. The summed E-state index contributed by atoms with van der Waals surface area (Å²) in [5.41, 5.74) is -5.40. The molecule has 2 amide bonds. The number of rotatable bonds is 4. The second kappa shape index (κ2) is 6.90. The highest BCUT2D eigenvalue weighted by Crippen LogP contribution is 2.44. The Kier molecular flexibility index (Phi) is 5.17. The Bertz CT molecular complexity index is 786. The Morgan fingerprint density at radius 3 is 2.59 bits per heavy atom. The van der Waals surface area contributed by atoms with Crippen molar-refractivity contribution < 1.29 is 42.6 Å². The molecule has 13 heteroatoms. The van der Waals surface area contributed by atoms with Crippen LogP contribution in [0, 0.1) is 16.0 Å². The number of alkyl halides is 3. The van der Waals surface area contributed by atoms with Crippen LogP contribution < -0.4 is 15.7 Å². The lowest BCUT2D eigenvalue weighted by Gasteiger charge is -2.44. The fraction of sp³-hybridized carbons (Fsp3) is 0.429. The van der Waals surface area contributed by atoms with E-state index in [0.29, 0.717) is 12.1 Å². The molecule has 1 fully saturated rings. The molecule has 3 N–H and O–H groups in total. The third kappa shape index (κ3) is 3.58. The molecule has 0 saturated carbocycles. The number of ether oxygens (including phenoxy) is 1. The van der Waals surface area contributed by atoms with Crippen molar-refractivity contribution in [1.29, 1.82) is 0 Å². The number of benzene rings is 1. The Morgan fingerprint density at radius 2 is 2.07 bits per heavy atom. The lowest BCUT2D eigenvalue weighted by molar-refractivity contribution is -0.385. The summed E-state index contributed by atoms with van der Waals surface area (Å²) in [6.45, 7) is 0.934. The van der Waals surface area contributed by atoms with Gasteiger partial charge in [-0.25, -0.2) is 4.79 Å². The first-order chi connectivity index (χ1) is 12.4. The van der Waals surface area contributed by atoms with Gasteiger partial charge in [-0.1, -0.05) is 6.07 Å². The Labute approximate surface area is 149 Å². The lowest BCUT2D eigenvalue weighted by atomic mass is 9.81. The average molecular weight is 392 g/mol. The monoisotopic (exact) mass is 392 g/mol. The van der Waals surface area contributed by atoms with Gasteiger partial charge in [0.05, 0.1) is 17.6 Å². The molecular formula is C14H13F3N3O7-. The first-order valence-electron chi connectivity index (χ1n) is 7.42. The minimum Gasteiger partial charge on any atom is -0.872 e. The third-order valence-corrected chi connectivity index (χ3v) is 3.89. The van der Waals surface area contributed by atoms with E-state index in [1.54, 1.807) is 0 Å². The maximum atomic E-state index is 13.5. The van der Waals surface area contributed by atoms with Gasteiger partial charge in [-0.2, -0.15) is 13.2 Å². The zero-order chi connectivity index (χ0) is 20.6. The number of non-ortho nitro benzene ring substituents is 1. The van der Waals surface area contributed by atoms with E-state index >= 15 is 0 Å². The van der Waals surface area contributed by atoms with Crippen LogP contribution in [0.5, 0.6) is 5.75 Å². The summed E-state index contributed by atoms with van der Waals surface area (Å²) >= 11 is 0. The quantitative estimate of drug-likeness (QED) is 0.382. The van der Waals surface area contributed by atoms with Crippen molar-refractivity contribution in [3.8, 4) is 5.75 Å². The SMILES string of the molecule is CCOC(=O)[C@H]1[C@@H](c2cc([N+](=O)[O-])ccc2[O-])NC(=O)N[C@]1(O)C(F)(F)F. The smallest absolute Gasteiger partial charge is 0.437 e. The maximum Gasteiger partial charge on any atom is 0.437 e. The van der Waals surface area contributed by atoms with E-state index in [1.165, 1.54) is 12.2 Å². The molecule has 3 atom stereocenters. The van der Waals surface area contributed by atoms with Crippen molar-refractivity contribution in [2.75, 3.05) is 6.61 Å². The van der Waals surface area contributed by atoms with Crippen LogP contribution in [0.4, 0.5) is 23.7 Å². The van der Waals surface area contributed by atoms with Crippen LogP contribution in [0.3, 0.4) is 0 Å². The molecule has 148 valence electrons. The van der Waals surface area contributed by atoms with Gasteiger partial charge in [0.15, 0.2) is 0 Å². The number of hydrogen-bond acceptors (Lipinski definition) is 7. The van der Waals surface area contributed by atoms with Crippen molar-refractivity contribution >= 4 is 17.7 Å². The van der Waals surface area contributed by atoms with Gasteiger partial charge >= 0.3 is 18.2 Å². The fourth-order valence-corrected chi connectivity index (χ4v) is 2.69. The van der Waals surface area contributed by atoms with Gasteiger partial charge in [0, 0.05) is 12.1 Å². The molecule has 0 radical (unpaired) electrons. The number of urea groups is 1. The second-order valence-corrected chi connectivity index (χ2v) is 5.55. The molecule has 0 aromatic heterocycles. The molecule has 1 heterocycles. The molecular weight excluding hydrogens is 379 g/mol. The number of aliphatic hydroxyl groups is 1. The number of nitrogens with zero attached hydrogens (tertiary/aromatic N) is 1. The van der Waals surface area contributed by atoms with Gasteiger partial charge in [-0.15, -0.1) is 5.75 Å². The number of nitro groups is 1. The number of nitrogens with one attached hydrogen (secondary N) is 2. The van der Waals surface area contributed by atoms with Gasteiger partial charge in [-0.3, -0.25) is 14.9 Å². The summed E-state index contributed by atoms with van der Waals surface area (Å²) in [6, 6.07) is -1.43. The van der Waals surface area contributed by atoms with E-state index in [-0.39, 0.29) is 6.61 Å². The largest absolute Gasteiger partial charge is 0.872 e. The van der Waals surface area contributed by atoms with Crippen LogP contribution in [-0.4, -0.2) is 40.5 Å². The van der Waals surface area contributed by atoms with E-state index in [0.717, 1.165) is 6.07 Å². The molecule has 0 unspecified atom stereocenters. The lowest BCUT2D eigenvalue weighted by Crippen LogP contribution is -2.73. The van der Waals surface area contributed by atoms with Gasteiger partial charge < -0.3 is 25.6 Å². The van der Waals surface area contributed by atoms with E-state index in [4.69, 9.17) is 0 Å². The molecule has 10 nitrogen and oxygen atoms in total. The first kappa shape index (κ1) is 20.2. The van der Waals surface area contributed by atoms with Crippen LogP contribution in [0.2, 0.25) is 0 Å². The highest BCUT2D eigenvalue weighted by molar-refractivity contribution is 5.83. The predicted octanol–water partition coefficient (Wildman–Crippen LogP) is 0.452. The molecule has 1 saturated heterocycles. The summed E-state index contributed by atoms with van der Waals surface area (Å²) in [5.74, 6) is -5.09. The fourth-order valence-electron chi connectivity index (χ4n) is 2.69. The Morgan fingerprint density at radius 1 is 1.44 bits per heavy atom. The number of amides is 2. The molecule has 1 aliphatic rings. The number of halogens is 3. The maximum absolute atomic E-state index is 13.5. The minimum absolute atomic E-state index is 0.358. The summed E-state index contributed by atoms with van der Waals surface area (Å²) in [5, 5.41) is 36.2. The van der Waals surface area contributed by atoms with E-state index in [2.05, 4.69) is 4.74 Å². The van der Waals surface area contributed by atoms with E-state index in [9.17, 15) is 43.1 Å². The van der Waals surface area contributed by atoms with Crippen LogP contribution in [-0.2, 0) is 9.53 Å². The molecule has 1 aromatic carbocycles. The minimum atomic E-state index is -5.52. The van der Waals surface area contributed by atoms with Crippen LogP contribution >= 0.6 is 0 Å². The van der Waals surface area contributed by atoms with Crippen LogP contribution in [0.15, 0.2) is 18.2 Å². The van der Waals surface area contributed by atoms with Crippen molar-refractivity contribution in [2.24, 2.45) is 5.92 Å². The summed E-state index contributed by atoms with van der Waals surface area (Å²) in [7, 11) is 0. The van der Waals surface area contributed by atoms with Gasteiger partial charge in [0.1, 0.15) is 5.92 Å². The highest BCUT2D eigenvalue weighted by Gasteiger charge is 2.67. The Balaban J connectivity index is 2.68. The second-order valence-electron chi connectivity index (χ2n) is 5.55. The van der Waals surface area contributed by atoms with Crippen LogP contribution in [0.1, 0.15) is 18.5 Å².